The Balaban J connectivity index is 2.28. The van der Waals surface area contributed by atoms with Gasteiger partial charge in [0, 0.05) is 0 Å². The van der Waals surface area contributed by atoms with E-state index in [1.807, 2.05) is 17.8 Å². The highest BCUT2D eigenvalue weighted by atomic mass is 28.4. The molecular weight excluding hydrogens is 288 g/mol. The first-order valence-corrected chi connectivity index (χ1v) is 11.9. The SMILES string of the molecule is C=Cc1cccc([Si](C)(C=C)O[SiH](C)c2ccccc2)c1. The molecule has 0 fully saturated rings. The zero-order valence-electron chi connectivity index (χ0n) is 12.8. The number of rotatable bonds is 6. The van der Waals surface area contributed by atoms with Crippen molar-refractivity contribution in [2.75, 3.05) is 0 Å². The fraction of sp³-hybridized carbons (Fsp3) is 0.111. The molecule has 2 unspecified atom stereocenters. The molecule has 108 valence electrons. The smallest absolute Gasteiger partial charge is 0.234 e. The van der Waals surface area contributed by atoms with Crippen LogP contribution in [-0.4, -0.2) is 17.4 Å². The Morgan fingerprint density at radius 1 is 1.05 bits per heavy atom. The van der Waals surface area contributed by atoms with E-state index >= 15 is 0 Å². The van der Waals surface area contributed by atoms with Crippen molar-refractivity contribution in [2.24, 2.45) is 0 Å². The Labute approximate surface area is 130 Å². The zero-order valence-corrected chi connectivity index (χ0v) is 14.9. The normalized spacial score (nSPS) is 15.0. The molecule has 0 N–H and O–H groups in total. The molecule has 3 heteroatoms. The topological polar surface area (TPSA) is 9.23 Å². The van der Waals surface area contributed by atoms with Gasteiger partial charge in [-0.05, 0) is 29.0 Å². The van der Waals surface area contributed by atoms with Crippen LogP contribution >= 0.6 is 0 Å². The van der Waals surface area contributed by atoms with E-state index in [1.54, 1.807) is 0 Å². The van der Waals surface area contributed by atoms with Crippen molar-refractivity contribution in [1.82, 2.24) is 0 Å². The first-order chi connectivity index (χ1) is 10.1. The fourth-order valence-corrected chi connectivity index (χ4v) is 8.66. The molecule has 1 nitrogen and oxygen atoms in total. The maximum absolute atomic E-state index is 6.58. The van der Waals surface area contributed by atoms with Crippen molar-refractivity contribution in [1.29, 1.82) is 0 Å². The predicted octanol–water partition coefficient (Wildman–Crippen LogP) is 3.11. The standard InChI is InChI=1S/C18H22OSi2/c1-5-16-11-10-14-18(15-16)21(4,6-2)19-20(3)17-12-8-7-9-13-17/h5-15,20H,1-2H2,3-4H3. The summed E-state index contributed by atoms with van der Waals surface area (Å²) in [6.07, 6.45) is 1.87. The average molecular weight is 311 g/mol. The molecular formula is C18H22OSi2. The highest BCUT2D eigenvalue weighted by Gasteiger charge is 2.30. The second-order valence-electron chi connectivity index (χ2n) is 5.31. The van der Waals surface area contributed by atoms with Gasteiger partial charge in [-0.2, -0.15) is 0 Å². The Morgan fingerprint density at radius 2 is 1.76 bits per heavy atom. The van der Waals surface area contributed by atoms with Crippen molar-refractivity contribution in [3.63, 3.8) is 0 Å². The van der Waals surface area contributed by atoms with Gasteiger partial charge < -0.3 is 4.12 Å². The third-order valence-electron chi connectivity index (χ3n) is 3.78. The maximum Gasteiger partial charge on any atom is 0.234 e. The van der Waals surface area contributed by atoms with E-state index in [1.165, 1.54) is 10.4 Å². The molecule has 2 aromatic carbocycles. The van der Waals surface area contributed by atoms with E-state index in [9.17, 15) is 0 Å². The molecule has 2 atom stereocenters. The summed E-state index contributed by atoms with van der Waals surface area (Å²) in [4.78, 5) is 0. The van der Waals surface area contributed by atoms with E-state index in [-0.39, 0.29) is 0 Å². The minimum atomic E-state index is -2.12. The van der Waals surface area contributed by atoms with Crippen molar-refractivity contribution in [3.05, 3.63) is 79.0 Å². The molecule has 2 aromatic rings. The minimum Gasteiger partial charge on any atom is -0.448 e. The Bertz CT molecular complexity index is 624. The first-order valence-electron chi connectivity index (χ1n) is 7.18. The third kappa shape index (κ3) is 3.70. The minimum absolute atomic E-state index is 1.13. The molecule has 0 radical (unpaired) electrons. The van der Waals surface area contributed by atoms with Crippen LogP contribution in [0.25, 0.3) is 6.08 Å². The van der Waals surface area contributed by atoms with Crippen LogP contribution in [0.15, 0.2) is 73.5 Å². The molecule has 0 aromatic heterocycles. The van der Waals surface area contributed by atoms with Crippen LogP contribution in [0.1, 0.15) is 5.56 Å². The maximum atomic E-state index is 6.58. The van der Waals surface area contributed by atoms with E-state index in [0.29, 0.717) is 0 Å². The second-order valence-corrected chi connectivity index (χ2v) is 11.4. The van der Waals surface area contributed by atoms with Gasteiger partial charge in [-0.15, -0.1) is 6.58 Å². The van der Waals surface area contributed by atoms with Crippen molar-refractivity contribution < 1.29 is 4.12 Å². The highest BCUT2D eigenvalue weighted by Crippen LogP contribution is 2.11. The van der Waals surface area contributed by atoms with Crippen LogP contribution in [0.2, 0.25) is 13.1 Å². The summed E-state index contributed by atoms with van der Waals surface area (Å²) in [5.74, 6) is 0. The van der Waals surface area contributed by atoms with Crippen molar-refractivity contribution in [2.45, 2.75) is 13.1 Å². The second kappa shape index (κ2) is 6.85. The number of hydrogen-bond donors (Lipinski definition) is 0. The summed E-state index contributed by atoms with van der Waals surface area (Å²) in [5.41, 5.74) is 3.16. The lowest BCUT2D eigenvalue weighted by Crippen LogP contribution is -2.52. The van der Waals surface area contributed by atoms with Gasteiger partial charge in [0.1, 0.15) is 0 Å². The lowest BCUT2D eigenvalue weighted by Gasteiger charge is -2.29. The van der Waals surface area contributed by atoms with Gasteiger partial charge in [-0.3, -0.25) is 0 Å². The van der Waals surface area contributed by atoms with Gasteiger partial charge in [0.25, 0.3) is 0 Å². The number of hydrogen-bond acceptors (Lipinski definition) is 1. The van der Waals surface area contributed by atoms with Gasteiger partial charge in [-0.1, -0.05) is 73.0 Å². The summed E-state index contributed by atoms with van der Waals surface area (Å²) in [5, 5.41) is 2.59. The highest BCUT2D eigenvalue weighted by molar-refractivity contribution is 6.94. The molecule has 0 aliphatic heterocycles. The van der Waals surface area contributed by atoms with E-state index < -0.39 is 17.4 Å². The molecule has 0 aliphatic carbocycles. The summed E-state index contributed by atoms with van der Waals surface area (Å²) in [6.45, 7) is 12.3. The Kier molecular flexibility index (Phi) is 5.12. The van der Waals surface area contributed by atoms with E-state index in [0.717, 1.165) is 5.56 Å². The lowest BCUT2D eigenvalue weighted by atomic mass is 10.2. The van der Waals surface area contributed by atoms with Gasteiger partial charge in [0.05, 0.1) is 0 Å². The molecule has 0 amide bonds. The van der Waals surface area contributed by atoms with Gasteiger partial charge in [0.15, 0.2) is 9.04 Å². The predicted molar refractivity (Wildman–Crippen MR) is 98.2 cm³/mol. The van der Waals surface area contributed by atoms with Crippen molar-refractivity contribution >= 4 is 33.8 Å². The molecule has 0 heterocycles. The number of benzene rings is 2. The molecule has 21 heavy (non-hydrogen) atoms. The van der Waals surface area contributed by atoms with Crippen LogP contribution in [0.4, 0.5) is 0 Å². The van der Waals surface area contributed by atoms with Gasteiger partial charge in [0.2, 0.25) is 8.32 Å². The molecule has 0 bridgehead atoms. The Morgan fingerprint density at radius 3 is 2.38 bits per heavy atom. The molecule has 0 spiro atoms. The summed E-state index contributed by atoms with van der Waals surface area (Å²) < 4.78 is 6.58. The van der Waals surface area contributed by atoms with E-state index in [2.05, 4.69) is 74.8 Å². The Hall–Kier alpha value is -1.69. The van der Waals surface area contributed by atoms with Crippen LogP contribution in [0, 0.1) is 0 Å². The third-order valence-corrected chi connectivity index (χ3v) is 10.7. The van der Waals surface area contributed by atoms with Crippen LogP contribution in [-0.2, 0) is 4.12 Å². The summed E-state index contributed by atoms with van der Waals surface area (Å²) in [7, 11) is -3.55. The summed E-state index contributed by atoms with van der Waals surface area (Å²) >= 11 is 0. The van der Waals surface area contributed by atoms with Crippen molar-refractivity contribution in [3.8, 4) is 0 Å². The fourth-order valence-electron chi connectivity index (χ4n) is 2.37. The van der Waals surface area contributed by atoms with Gasteiger partial charge in [-0.25, -0.2) is 0 Å². The summed E-state index contributed by atoms with van der Waals surface area (Å²) in [6, 6.07) is 19.0. The van der Waals surface area contributed by atoms with Crippen LogP contribution < -0.4 is 10.4 Å². The molecule has 0 saturated heterocycles. The monoisotopic (exact) mass is 310 g/mol. The lowest BCUT2D eigenvalue weighted by molar-refractivity contribution is 0.602. The van der Waals surface area contributed by atoms with E-state index in [4.69, 9.17) is 4.12 Å². The zero-order chi connectivity index (χ0) is 15.3. The van der Waals surface area contributed by atoms with Crippen LogP contribution in [0.5, 0.6) is 0 Å². The quantitative estimate of drug-likeness (QED) is 0.745. The average Bonchev–Trinajstić information content (AvgIpc) is 2.55. The van der Waals surface area contributed by atoms with Crippen LogP contribution in [0.3, 0.4) is 0 Å². The molecule has 0 aliphatic rings. The van der Waals surface area contributed by atoms with Gasteiger partial charge >= 0.3 is 0 Å². The first kappa shape index (κ1) is 15.7. The molecule has 2 rings (SSSR count). The molecule has 0 saturated carbocycles. The largest absolute Gasteiger partial charge is 0.448 e.